The number of furan rings is 1. The molecule has 2 heterocycles. The lowest BCUT2D eigenvalue weighted by Crippen LogP contribution is -2.41. The van der Waals surface area contributed by atoms with Crippen molar-refractivity contribution in [3.63, 3.8) is 0 Å². The summed E-state index contributed by atoms with van der Waals surface area (Å²) in [5.41, 5.74) is 0.960. The van der Waals surface area contributed by atoms with Crippen LogP contribution in [0.15, 0.2) is 53.2 Å². The van der Waals surface area contributed by atoms with Crippen LogP contribution in [0.3, 0.4) is 0 Å². The highest BCUT2D eigenvalue weighted by Gasteiger charge is 2.22. The minimum absolute atomic E-state index is 0.0257. The summed E-state index contributed by atoms with van der Waals surface area (Å²) in [5.74, 6) is 0.793. The Morgan fingerprint density at radius 1 is 1.26 bits per heavy atom. The molecule has 3 rings (SSSR count). The lowest BCUT2D eigenvalue weighted by atomic mass is 9.96. The van der Waals surface area contributed by atoms with E-state index in [0.717, 1.165) is 12.8 Å². The average Bonchev–Trinajstić information content (AvgIpc) is 3.24. The fraction of sp³-hybridized carbons (Fsp3) is 0.286. The van der Waals surface area contributed by atoms with Crippen molar-refractivity contribution in [1.29, 1.82) is 5.26 Å². The Bertz CT molecular complexity index is 857. The number of amides is 2. The molecule has 138 valence electrons. The van der Waals surface area contributed by atoms with E-state index in [1.165, 1.54) is 6.08 Å². The van der Waals surface area contributed by atoms with Crippen LogP contribution in [0.5, 0.6) is 0 Å². The molecule has 1 aromatic heterocycles. The van der Waals surface area contributed by atoms with E-state index < -0.39 is 0 Å². The number of piperidine rings is 1. The molecule has 1 aromatic carbocycles. The number of likely N-dealkylation sites (tertiary alicyclic amines) is 1. The molecule has 2 amide bonds. The number of nitrogens with zero attached hydrogens (tertiary/aromatic N) is 2. The normalized spacial score (nSPS) is 14.9. The van der Waals surface area contributed by atoms with Crippen LogP contribution in [0, 0.1) is 17.2 Å². The maximum absolute atomic E-state index is 12.2. The fourth-order valence-electron chi connectivity index (χ4n) is 3.07. The summed E-state index contributed by atoms with van der Waals surface area (Å²) in [7, 11) is 0. The van der Waals surface area contributed by atoms with Gasteiger partial charge in [-0.2, -0.15) is 5.26 Å². The molecule has 27 heavy (non-hydrogen) atoms. The number of rotatable bonds is 5. The minimum Gasteiger partial charge on any atom is -0.465 e. The molecule has 0 saturated carbocycles. The van der Waals surface area contributed by atoms with Crippen molar-refractivity contribution < 1.29 is 14.0 Å². The molecule has 0 unspecified atom stereocenters. The summed E-state index contributed by atoms with van der Waals surface area (Å²) < 4.78 is 5.18. The van der Waals surface area contributed by atoms with Crippen LogP contribution in [-0.4, -0.2) is 36.3 Å². The van der Waals surface area contributed by atoms with Crippen LogP contribution in [0.1, 0.15) is 34.5 Å². The van der Waals surface area contributed by atoms with Crippen LogP contribution in [0.25, 0.3) is 6.08 Å². The van der Waals surface area contributed by atoms with Crippen molar-refractivity contribution >= 4 is 17.9 Å². The van der Waals surface area contributed by atoms with Gasteiger partial charge < -0.3 is 14.6 Å². The molecule has 1 aliphatic heterocycles. The maximum atomic E-state index is 12.2. The van der Waals surface area contributed by atoms with E-state index in [1.807, 2.05) is 11.0 Å². The van der Waals surface area contributed by atoms with Crippen molar-refractivity contribution in [3.05, 3.63) is 65.6 Å². The second kappa shape index (κ2) is 8.86. The summed E-state index contributed by atoms with van der Waals surface area (Å²) in [4.78, 5) is 26.2. The maximum Gasteiger partial charge on any atom is 0.251 e. The Morgan fingerprint density at radius 2 is 2.07 bits per heavy atom. The van der Waals surface area contributed by atoms with Crippen LogP contribution < -0.4 is 5.32 Å². The molecular weight excluding hydrogens is 342 g/mol. The molecule has 6 heteroatoms. The van der Waals surface area contributed by atoms with Crippen molar-refractivity contribution in [2.24, 2.45) is 5.92 Å². The van der Waals surface area contributed by atoms with Crippen LogP contribution in [0.4, 0.5) is 0 Å². The van der Waals surface area contributed by atoms with Gasteiger partial charge in [-0.3, -0.25) is 9.59 Å². The zero-order valence-electron chi connectivity index (χ0n) is 14.9. The Morgan fingerprint density at radius 3 is 2.78 bits per heavy atom. The predicted octanol–water partition coefficient (Wildman–Crippen LogP) is 2.83. The van der Waals surface area contributed by atoms with Crippen LogP contribution in [-0.2, 0) is 4.79 Å². The molecule has 1 saturated heterocycles. The van der Waals surface area contributed by atoms with Gasteiger partial charge in [0.05, 0.1) is 17.9 Å². The van der Waals surface area contributed by atoms with E-state index in [1.54, 1.807) is 48.7 Å². The molecule has 2 aromatic rings. The zero-order valence-corrected chi connectivity index (χ0v) is 14.9. The first-order chi connectivity index (χ1) is 13.2. The average molecular weight is 363 g/mol. The summed E-state index contributed by atoms with van der Waals surface area (Å²) >= 11 is 0. The van der Waals surface area contributed by atoms with Gasteiger partial charge in [0.25, 0.3) is 5.91 Å². The number of carbonyl (C=O) groups is 2. The number of nitrogens with one attached hydrogen (secondary N) is 1. The predicted molar refractivity (Wildman–Crippen MR) is 101 cm³/mol. The molecule has 0 aliphatic carbocycles. The third kappa shape index (κ3) is 5.08. The number of nitriles is 1. The summed E-state index contributed by atoms with van der Waals surface area (Å²) in [5, 5.41) is 11.8. The molecule has 0 spiro atoms. The second-order valence-corrected chi connectivity index (χ2v) is 6.52. The highest BCUT2D eigenvalue weighted by molar-refractivity contribution is 5.94. The smallest absolute Gasteiger partial charge is 0.251 e. The highest BCUT2D eigenvalue weighted by Crippen LogP contribution is 2.17. The number of carbonyl (C=O) groups excluding carboxylic acids is 2. The molecule has 0 bridgehead atoms. The first kappa shape index (κ1) is 18.5. The van der Waals surface area contributed by atoms with Gasteiger partial charge in [0, 0.05) is 31.3 Å². The molecule has 1 N–H and O–H groups in total. The monoisotopic (exact) mass is 363 g/mol. The first-order valence-electron chi connectivity index (χ1n) is 8.94. The molecule has 0 radical (unpaired) electrons. The standard InChI is InChI=1S/C21H21N3O3/c22-14-17-3-1-4-18(13-17)21(26)23-15-16-8-10-24(11-9-16)20(25)7-6-19-5-2-12-27-19/h1-7,12-13,16H,8-11,15H2,(H,23,26)/b7-6+. The van der Waals surface area contributed by atoms with Gasteiger partial charge in [-0.05, 0) is 55.2 Å². The molecular formula is C21H21N3O3. The van der Waals surface area contributed by atoms with Crippen molar-refractivity contribution in [2.45, 2.75) is 12.8 Å². The van der Waals surface area contributed by atoms with E-state index in [-0.39, 0.29) is 11.8 Å². The topological polar surface area (TPSA) is 86.3 Å². The van der Waals surface area contributed by atoms with Crippen molar-refractivity contribution in [2.75, 3.05) is 19.6 Å². The van der Waals surface area contributed by atoms with Crippen LogP contribution in [0.2, 0.25) is 0 Å². The summed E-state index contributed by atoms with van der Waals surface area (Å²) in [6.45, 7) is 1.91. The second-order valence-electron chi connectivity index (χ2n) is 6.52. The Kier molecular flexibility index (Phi) is 6.06. The van der Waals surface area contributed by atoms with Crippen LogP contribution >= 0.6 is 0 Å². The van der Waals surface area contributed by atoms with Crippen molar-refractivity contribution in [1.82, 2.24) is 10.2 Å². The zero-order chi connectivity index (χ0) is 19.1. The van der Waals surface area contributed by atoms with Gasteiger partial charge in [0.2, 0.25) is 5.91 Å². The lowest BCUT2D eigenvalue weighted by Gasteiger charge is -2.31. The van der Waals surface area contributed by atoms with E-state index >= 15 is 0 Å². The van der Waals surface area contributed by atoms with Gasteiger partial charge in [-0.1, -0.05) is 6.07 Å². The number of hydrogen-bond donors (Lipinski definition) is 1. The Balaban J connectivity index is 1.43. The lowest BCUT2D eigenvalue weighted by molar-refractivity contribution is -0.127. The van der Waals surface area contributed by atoms with Gasteiger partial charge in [-0.25, -0.2) is 0 Å². The van der Waals surface area contributed by atoms with Crippen molar-refractivity contribution in [3.8, 4) is 6.07 Å². The molecule has 0 atom stereocenters. The number of hydrogen-bond acceptors (Lipinski definition) is 4. The molecule has 1 aliphatic rings. The van der Waals surface area contributed by atoms with E-state index in [4.69, 9.17) is 9.68 Å². The highest BCUT2D eigenvalue weighted by atomic mass is 16.3. The fourth-order valence-corrected chi connectivity index (χ4v) is 3.07. The first-order valence-corrected chi connectivity index (χ1v) is 8.94. The quantitative estimate of drug-likeness (QED) is 0.828. The van der Waals surface area contributed by atoms with Gasteiger partial charge >= 0.3 is 0 Å². The van der Waals surface area contributed by atoms with Gasteiger partial charge in [0.1, 0.15) is 5.76 Å². The SMILES string of the molecule is N#Cc1cccc(C(=O)NCC2CCN(C(=O)/C=C/c3ccco3)CC2)c1. The Hall–Kier alpha value is -3.33. The van der Waals surface area contributed by atoms with E-state index in [9.17, 15) is 9.59 Å². The number of benzene rings is 1. The summed E-state index contributed by atoms with van der Waals surface area (Å²) in [6.07, 6.45) is 6.46. The van der Waals surface area contributed by atoms with E-state index in [0.29, 0.717) is 42.4 Å². The Labute approximate surface area is 158 Å². The third-order valence-corrected chi connectivity index (χ3v) is 4.66. The largest absolute Gasteiger partial charge is 0.465 e. The molecule has 6 nitrogen and oxygen atoms in total. The summed E-state index contributed by atoms with van der Waals surface area (Å²) in [6, 6.07) is 12.3. The third-order valence-electron chi connectivity index (χ3n) is 4.66. The molecule has 1 fully saturated rings. The van der Waals surface area contributed by atoms with Gasteiger partial charge in [-0.15, -0.1) is 0 Å². The van der Waals surface area contributed by atoms with E-state index in [2.05, 4.69) is 5.32 Å². The minimum atomic E-state index is -0.174. The van der Waals surface area contributed by atoms with Gasteiger partial charge in [0.15, 0.2) is 0 Å².